The van der Waals surface area contributed by atoms with Crippen molar-refractivity contribution in [3.8, 4) is 5.69 Å². The first-order chi connectivity index (χ1) is 9.85. The fraction of sp³-hybridized carbons (Fsp3) is 0.200. The van der Waals surface area contributed by atoms with Gasteiger partial charge in [0.2, 0.25) is 0 Å². The summed E-state index contributed by atoms with van der Waals surface area (Å²) in [6, 6.07) is 14.1. The first-order valence-electron chi connectivity index (χ1n) is 6.36. The van der Waals surface area contributed by atoms with E-state index < -0.39 is 0 Å². The van der Waals surface area contributed by atoms with Crippen molar-refractivity contribution in [1.29, 1.82) is 0 Å². The molecule has 102 valence electrons. The second-order valence-electron chi connectivity index (χ2n) is 4.48. The maximum absolute atomic E-state index is 9.35. The number of aliphatic hydroxyl groups excluding tert-OH is 1. The molecule has 0 saturated carbocycles. The Morgan fingerprint density at radius 2 is 1.95 bits per heavy atom. The van der Waals surface area contributed by atoms with Crippen LogP contribution in [0.4, 0.5) is 0 Å². The summed E-state index contributed by atoms with van der Waals surface area (Å²) in [7, 11) is 1.61. The highest BCUT2D eigenvalue weighted by molar-refractivity contribution is 5.90. The van der Waals surface area contributed by atoms with Gasteiger partial charge in [0, 0.05) is 12.5 Å². The molecule has 0 atom stereocenters. The molecule has 2 aromatic carbocycles. The minimum absolute atomic E-state index is 0.149. The number of hydrogen-bond donors (Lipinski definition) is 1. The van der Waals surface area contributed by atoms with Crippen LogP contribution in [0.3, 0.4) is 0 Å². The Morgan fingerprint density at radius 1 is 1.15 bits per heavy atom. The molecule has 0 aliphatic carbocycles. The SMILES string of the molecule is COCc1c(CO)nnn1-c1cccc2ccccc12. The number of nitrogens with zero attached hydrogens (tertiary/aromatic N) is 3. The lowest BCUT2D eigenvalue weighted by atomic mass is 10.1. The van der Waals surface area contributed by atoms with Crippen molar-refractivity contribution < 1.29 is 9.84 Å². The van der Waals surface area contributed by atoms with Gasteiger partial charge in [-0.1, -0.05) is 41.6 Å². The molecule has 0 saturated heterocycles. The van der Waals surface area contributed by atoms with E-state index in [0.717, 1.165) is 22.2 Å². The number of aliphatic hydroxyl groups is 1. The summed E-state index contributed by atoms with van der Waals surface area (Å²) < 4.78 is 6.92. The van der Waals surface area contributed by atoms with Crippen LogP contribution < -0.4 is 0 Å². The van der Waals surface area contributed by atoms with Crippen LogP contribution in [-0.4, -0.2) is 27.2 Å². The molecule has 0 aliphatic heterocycles. The minimum Gasteiger partial charge on any atom is -0.390 e. The Bertz CT molecular complexity index is 732. The van der Waals surface area contributed by atoms with Crippen LogP contribution in [0.5, 0.6) is 0 Å². The Labute approximate surface area is 116 Å². The van der Waals surface area contributed by atoms with Crippen LogP contribution in [-0.2, 0) is 18.0 Å². The zero-order valence-electron chi connectivity index (χ0n) is 11.2. The molecular weight excluding hydrogens is 254 g/mol. The molecule has 0 unspecified atom stereocenters. The van der Waals surface area contributed by atoms with E-state index in [1.54, 1.807) is 11.8 Å². The van der Waals surface area contributed by atoms with E-state index in [4.69, 9.17) is 4.74 Å². The topological polar surface area (TPSA) is 60.2 Å². The van der Waals surface area contributed by atoms with Crippen LogP contribution >= 0.6 is 0 Å². The van der Waals surface area contributed by atoms with Gasteiger partial charge in [-0.2, -0.15) is 0 Å². The zero-order valence-corrected chi connectivity index (χ0v) is 11.2. The minimum atomic E-state index is -0.149. The molecule has 1 heterocycles. The Hall–Kier alpha value is -2.24. The molecule has 0 aliphatic rings. The molecule has 0 bridgehead atoms. The lowest BCUT2D eigenvalue weighted by molar-refractivity contribution is 0.175. The Balaban J connectivity index is 2.23. The second kappa shape index (κ2) is 5.40. The first-order valence-corrected chi connectivity index (χ1v) is 6.36. The van der Waals surface area contributed by atoms with Gasteiger partial charge >= 0.3 is 0 Å². The number of fused-ring (bicyclic) bond motifs is 1. The summed E-state index contributed by atoms with van der Waals surface area (Å²) in [5.74, 6) is 0. The van der Waals surface area contributed by atoms with Crippen molar-refractivity contribution >= 4 is 10.8 Å². The number of hydrogen-bond acceptors (Lipinski definition) is 4. The lowest BCUT2D eigenvalue weighted by Crippen LogP contribution is -2.05. The smallest absolute Gasteiger partial charge is 0.114 e. The number of aromatic nitrogens is 3. The van der Waals surface area contributed by atoms with Gasteiger partial charge < -0.3 is 9.84 Å². The average molecular weight is 269 g/mol. The monoisotopic (exact) mass is 269 g/mol. The molecule has 0 amide bonds. The molecule has 5 nitrogen and oxygen atoms in total. The van der Waals surface area contributed by atoms with E-state index in [1.807, 2.05) is 30.3 Å². The molecule has 5 heteroatoms. The molecule has 0 spiro atoms. The highest BCUT2D eigenvalue weighted by Crippen LogP contribution is 2.23. The molecule has 20 heavy (non-hydrogen) atoms. The van der Waals surface area contributed by atoms with Gasteiger partial charge in [0.25, 0.3) is 0 Å². The number of methoxy groups -OCH3 is 1. The summed E-state index contributed by atoms with van der Waals surface area (Å²) in [6.45, 7) is 0.204. The van der Waals surface area contributed by atoms with Gasteiger partial charge in [-0.05, 0) is 11.5 Å². The Morgan fingerprint density at radius 3 is 2.75 bits per heavy atom. The van der Waals surface area contributed by atoms with Crippen LogP contribution in [0.15, 0.2) is 42.5 Å². The van der Waals surface area contributed by atoms with Gasteiger partial charge in [0.1, 0.15) is 5.69 Å². The summed E-state index contributed by atoms with van der Waals surface area (Å²) in [5, 5.41) is 19.7. The lowest BCUT2D eigenvalue weighted by Gasteiger charge is -2.09. The molecule has 1 aromatic heterocycles. The van der Waals surface area contributed by atoms with Gasteiger partial charge in [-0.3, -0.25) is 0 Å². The summed E-state index contributed by atoms with van der Waals surface area (Å²) >= 11 is 0. The standard InChI is InChI=1S/C15H15N3O2/c1-20-10-15-13(9-19)16-17-18(15)14-8-4-6-11-5-2-3-7-12(11)14/h2-8,19H,9-10H2,1H3. The number of rotatable bonds is 4. The zero-order chi connectivity index (χ0) is 13.9. The van der Waals surface area contributed by atoms with E-state index in [1.165, 1.54) is 0 Å². The van der Waals surface area contributed by atoms with Crippen LogP contribution in [0.25, 0.3) is 16.5 Å². The van der Waals surface area contributed by atoms with E-state index in [0.29, 0.717) is 12.3 Å². The molecule has 3 rings (SSSR count). The van der Waals surface area contributed by atoms with Crippen LogP contribution in [0.2, 0.25) is 0 Å². The van der Waals surface area contributed by atoms with Crippen LogP contribution in [0.1, 0.15) is 11.4 Å². The van der Waals surface area contributed by atoms with Crippen LogP contribution in [0, 0.1) is 0 Å². The highest BCUT2D eigenvalue weighted by atomic mass is 16.5. The van der Waals surface area contributed by atoms with Crippen molar-refractivity contribution in [2.75, 3.05) is 7.11 Å². The van der Waals surface area contributed by atoms with Crippen molar-refractivity contribution in [2.45, 2.75) is 13.2 Å². The number of ether oxygens (including phenoxy) is 1. The second-order valence-corrected chi connectivity index (χ2v) is 4.48. The summed E-state index contributed by atoms with van der Waals surface area (Å²) in [5.41, 5.74) is 2.24. The summed E-state index contributed by atoms with van der Waals surface area (Å²) in [6.07, 6.45) is 0. The van der Waals surface area contributed by atoms with Gasteiger partial charge in [-0.15, -0.1) is 5.10 Å². The fourth-order valence-electron chi connectivity index (χ4n) is 2.32. The Kier molecular flexibility index (Phi) is 3.45. The van der Waals surface area contributed by atoms with Gasteiger partial charge in [0.05, 0.1) is 24.6 Å². The quantitative estimate of drug-likeness (QED) is 0.787. The third kappa shape index (κ3) is 2.07. The summed E-state index contributed by atoms with van der Waals surface area (Å²) in [4.78, 5) is 0. The highest BCUT2D eigenvalue weighted by Gasteiger charge is 2.14. The predicted octanol–water partition coefficient (Wildman–Crippen LogP) is 2.06. The third-order valence-corrected chi connectivity index (χ3v) is 3.27. The predicted molar refractivity (Wildman–Crippen MR) is 75.5 cm³/mol. The molecular formula is C15H15N3O2. The van der Waals surface area contributed by atoms with E-state index in [-0.39, 0.29) is 6.61 Å². The van der Waals surface area contributed by atoms with Crippen molar-refractivity contribution in [1.82, 2.24) is 15.0 Å². The maximum atomic E-state index is 9.35. The van der Waals surface area contributed by atoms with E-state index in [2.05, 4.69) is 22.4 Å². The molecule has 0 radical (unpaired) electrons. The van der Waals surface area contributed by atoms with Crippen molar-refractivity contribution in [3.63, 3.8) is 0 Å². The molecule has 1 N–H and O–H groups in total. The van der Waals surface area contributed by atoms with Crippen molar-refractivity contribution in [3.05, 3.63) is 53.9 Å². The molecule has 3 aromatic rings. The largest absolute Gasteiger partial charge is 0.390 e. The third-order valence-electron chi connectivity index (χ3n) is 3.27. The average Bonchev–Trinajstić information content (AvgIpc) is 2.90. The fourth-order valence-corrected chi connectivity index (χ4v) is 2.32. The van der Waals surface area contributed by atoms with E-state index in [9.17, 15) is 5.11 Å². The first kappa shape index (κ1) is 12.8. The number of benzene rings is 2. The maximum Gasteiger partial charge on any atom is 0.114 e. The molecule has 0 fully saturated rings. The normalized spacial score (nSPS) is 11.1. The van der Waals surface area contributed by atoms with Crippen molar-refractivity contribution in [2.24, 2.45) is 0 Å². The van der Waals surface area contributed by atoms with Gasteiger partial charge in [-0.25, -0.2) is 4.68 Å². The van der Waals surface area contributed by atoms with Gasteiger partial charge in [0.15, 0.2) is 0 Å². The van der Waals surface area contributed by atoms with E-state index >= 15 is 0 Å².